The topological polar surface area (TPSA) is 75.6 Å². The summed E-state index contributed by atoms with van der Waals surface area (Å²) in [5.74, 6) is -1.16. The Hall–Kier alpha value is -1.02. The van der Waals surface area contributed by atoms with Gasteiger partial charge in [-0.25, -0.2) is 9.59 Å². The van der Waals surface area contributed by atoms with Gasteiger partial charge in [0.1, 0.15) is 5.60 Å². The number of hydrogen-bond donors (Lipinski definition) is 2. The number of anilines is 1. The molecule has 0 aliphatic carbocycles. The number of amides is 1. The number of carbonyl (C=O) groups excluding carboxylic acids is 1. The lowest BCUT2D eigenvalue weighted by Crippen LogP contribution is -2.27. The van der Waals surface area contributed by atoms with E-state index in [1.165, 1.54) is 6.07 Å². The molecule has 0 aliphatic heterocycles. The van der Waals surface area contributed by atoms with Crippen molar-refractivity contribution in [2.75, 3.05) is 5.32 Å². The molecule has 1 rings (SSSR count). The molecule has 0 bridgehead atoms. The first-order chi connectivity index (χ1) is 8.60. The summed E-state index contributed by atoms with van der Waals surface area (Å²) in [5.41, 5.74) is -0.376. The van der Waals surface area contributed by atoms with Gasteiger partial charge in [0.15, 0.2) is 0 Å². The number of nitrogens with one attached hydrogen (secondary N) is 1. The zero-order valence-corrected chi connectivity index (χ0v) is 13.5. The average molecular weight is 398 g/mol. The van der Waals surface area contributed by atoms with Gasteiger partial charge in [0.05, 0.1) is 10.6 Å². The number of carboxylic acids is 1. The number of carbonyl (C=O) groups is 2. The summed E-state index contributed by atoms with van der Waals surface area (Å²) in [5, 5.41) is 11.6. The second-order valence-corrected chi connectivity index (χ2v) is 6.29. The normalized spacial score (nSPS) is 11.0. The Morgan fingerprint density at radius 2 is 1.95 bits per heavy atom. The van der Waals surface area contributed by atoms with Crippen LogP contribution in [0.3, 0.4) is 0 Å². The van der Waals surface area contributed by atoms with E-state index >= 15 is 0 Å². The Kier molecular flexibility index (Phi) is 5.03. The van der Waals surface area contributed by atoms with Crippen LogP contribution < -0.4 is 5.32 Å². The lowest BCUT2D eigenvalue weighted by Gasteiger charge is -2.20. The van der Waals surface area contributed by atoms with Gasteiger partial charge in [-0.05, 0) is 55.5 Å². The molecule has 1 amide bonds. The van der Waals surface area contributed by atoms with Crippen LogP contribution in [0.2, 0.25) is 5.02 Å². The summed E-state index contributed by atoms with van der Waals surface area (Å²) in [4.78, 5) is 22.6. The standard InChI is InChI=1S/C12H13ClINO4/c1-12(2,3)19-11(18)15-6-4-7(10(16)17)9(13)8(14)5-6/h4-5H,1-3H3,(H,15,18)(H,16,17). The Morgan fingerprint density at radius 1 is 1.37 bits per heavy atom. The summed E-state index contributed by atoms with van der Waals surface area (Å²) < 4.78 is 5.61. The fraction of sp³-hybridized carbons (Fsp3) is 0.333. The molecule has 0 unspecified atom stereocenters. The number of carboxylic acid groups (broad SMARTS) is 1. The molecule has 0 radical (unpaired) electrons. The van der Waals surface area contributed by atoms with Crippen molar-refractivity contribution >= 4 is 51.9 Å². The first-order valence-corrected chi connectivity index (χ1v) is 6.78. The maximum atomic E-state index is 11.6. The fourth-order valence-corrected chi connectivity index (χ4v) is 2.05. The smallest absolute Gasteiger partial charge is 0.412 e. The Labute approximate surface area is 129 Å². The molecule has 5 nitrogen and oxygen atoms in total. The van der Waals surface area contributed by atoms with Gasteiger partial charge < -0.3 is 9.84 Å². The molecule has 0 heterocycles. The second-order valence-electron chi connectivity index (χ2n) is 4.75. The summed E-state index contributed by atoms with van der Waals surface area (Å²) in [6.45, 7) is 5.21. The highest BCUT2D eigenvalue weighted by molar-refractivity contribution is 14.1. The molecule has 19 heavy (non-hydrogen) atoms. The average Bonchev–Trinajstić information content (AvgIpc) is 2.19. The van der Waals surface area contributed by atoms with Crippen LogP contribution >= 0.6 is 34.2 Å². The third-order valence-corrected chi connectivity index (χ3v) is 3.48. The monoisotopic (exact) mass is 397 g/mol. The van der Waals surface area contributed by atoms with Gasteiger partial charge in [0, 0.05) is 9.26 Å². The molecule has 2 N–H and O–H groups in total. The van der Waals surface area contributed by atoms with Gasteiger partial charge in [0.25, 0.3) is 0 Å². The van der Waals surface area contributed by atoms with Crippen molar-refractivity contribution in [3.63, 3.8) is 0 Å². The first-order valence-electron chi connectivity index (χ1n) is 5.32. The van der Waals surface area contributed by atoms with Gasteiger partial charge in [0.2, 0.25) is 0 Å². The molecule has 0 spiro atoms. The third kappa shape index (κ3) is 4.87. The van der Waals surface area contributed by atoms with Crippen molar-refractivity contribution < 1.29 is 19.4 Å². The van der Waals surface area contributed by atoms with Crippen LogP contribution in [0.1, 0.15) is 31.1 Å². The zero-order chi connectivity index (χ0) is 14.8. The van der Waals surface area contributed by atoms with Gasteiger partial charge in [-0.2, -0.15) is 0 Å². The maximum absolute atomic E-state index is 11.6. The molecular formula is C12H13ClINO4. The van der Waals surface area contributed by atoms with Crippen LogP contribution in [0.5, 0.6) is 0 Å². The van der Waals surface area contributed by atoms with Crippen molar-refractivity contribution in [2.24, 2.45) is 0 Å². The zero-order valence-electron chi connectivity index (χ0n) is 10.6. The summed E-state index contributed by atoms with van der Waals surface area (Å²) in [6.07, 6.45) is -0.651. The molecule has 0 fully saturated rings. The molecule has 0 aromatic heterocycles. The molecule has 7 heteroatoms. The van der Waals surface area contributed by atoms with Crippen LogP contribution in [0.4, 0.5) is 10.5 Å². The van der Waals surface area contributed by atoms with Gasteiger partial charge >= 0.3 is 12.1 Å². The molecule has 0 aliphatic rings. The first kappa shape index (κ1) is 16.0. The number of aromatic carboxylic acids is 1. The quantitative estimate of drug-likeness (QED) is 0.740. The fourth-order valence-electron chi connectivity index (χ4n) is 1.24. The summed E-state index contributed by atoms with van der Waals surface area (Å²) in [6, 6.07) is 2.86. The van der Waals surface area contributed by atoms with Crippen molar-refractivity contribution in [1.29, 1.82) is 0 Å². The van der Waals surface area contributed by atoms with Gasteiger partial charge in [-0.3, -0.25) is 5.32 Å². The number of rotatable bonds is 2. The van der Waals surface area contributed by atoms with E-state index in [-0.39, 0.29) is 10.6 Å². The Balaban J connectivity index is 2.97. The van der Waals surface area contributed by atoms with E-state index in [1.807, 2.05) is 22.6 Å². The van der Waals surface area contributed by atoms with Crippen LogP contribution in [0.25, 0.3) is 0 Å². The third-order valence-electron chi connectivity index (χ3n) is 1.90. The maximum Gasteiger partial charge on any atom is 0.412 e. The van der Waals surface area contributed by atoms with E-state index in [9.17, 15) is 9.59 Å². The molecule has 0 saturated carbocycles. The van der Waals surface area contributed by atoms with Crippen LogP contribution in [-0.2, 0) is 4.74 Å². The van der Waals surface area contributed by atoms with E-state index in [4.69, 9.17) is 21.4 Å². The van der Waals surface area contributed by atoms with Crippen LogP contribution in [-0.4, -0.2) is 22.8 Å². The lowest BCUT2D eigenvalue weighted by molar-refractivity contribution is 0.0632. The second kappa shape index (κ2) is 5.96. The lowest BCUT2D eigenvalue weighted by atomic mass is 10.2. The van der Waals surface area contributed by atoms with E-state index in [1.54, 1.807) is 26.8 Å². The highest BCUT2D eigenvalue weighted by Gasteiger charge is 2.18. The highest BCUT2D eigenvalue weighted by Crippen LogP contribution is 2.27. The Bertz CT molecular complexity index is 525. The number of ether oxygens (including phenoxy) is 1. The van der Waals surface area contributed by atoms with Crippen molar-refractivity contribution in [3.05, 3.63) is 26.3 Å². The van der Waals surface area contributed by atoms with Crippen molar-refractivity contribution in [2.45, 2.75) is 26.4 Å². The molecule has 0 atom stereocenters. The number of hydrogen-bond acceptors (Lipinski definition) is 3. The number of benzene rings is 1. The van der Waals surface area contributed by atoms with Crippen LogP contribution in [0, 0.1) is 3.57 Å². The predicted molar refractivity (Wildman–Crippen MR) is 81.0 cm³/mol. The van der Waals surface area contributed by atoms with Gasteiger partial charge in [-0.15, -0.1) is 0 Å². The van der Waals surface area contributed by atoms with Gasteiger partial charge in [-0.1, -0.05) is 11.6 Å². The Morgan fingerprint density at radius 3 is 2.42 bits per heavy atom. The van der Waals surface area contributed by atoms with E-state index < -0.39 is 17.7 Å². The number of halogens is 2. The van der Waals surface area contributed by atoms with E-state index in [0.29, 0.717) is 9.26 Å². The van der Waals surface area contributed by atoms with E-state index in [0.717, 1.165) is 0 Å². The van der Waals surface area contributed by atoms with Crippen molar-refractivity contribution in [1.82, 2.24) is 0 Å². The minimum atomic E-state index is -1.16. The van der Waals surface area contributed by atoms with E-state index in [2.05, 4.69) is 5.32 Å². The minimum Gasteiger partial charge on any atom is -0.478 e. The summed E-state index contributed by atoms with van der Waals surface area (Å²) in [7, 11) is 0. The molecule has 1 aromatic carbocycles. The molecular weight excluding hydrogens is 384 g/mol. The summed E-state index contributed by atoms with van der Waals surface area (Å²) >= 11 is 7.77. The molecule has 0 saturated heterocycles. The molecule has 1 aromatic rings. The van der Waals surface area contributed by atoms with Crippen molar-refractivity contribution in [3.8, 4) is 0 Å². The highest BCUT2D eigenvalue weighted by atomic mass is 127. The predicted octanol–water partition coefficient (Wildman–Crippen LogP) is 3.99. The SMILES string of the molecule is CC(C)(C)OC(=O)Nc1cc(I)c(Cl)c(C(=O)O)c1. The molecule has 104 valence electrons. The van der Waals surface area contributed by atoms with Crippen LogP contribution in [0.15, 0.2) is 12.1 Å². The largest absolute Gasteiger partial charge is 0.478 e. The minimum absolute atomic E-state index is 0.0698.